The number of carbonyl (C=O) groups excluding carboxylic acids is 1. The van der Waals surface area contributed by atoms with Crippen LogP contribution < -0.4 is 14.8 Å². The van der Waals surface area contributed by atoms with E-state index in [1.807, 2.05) is 29.2 Å². The minimum absolute atomic E-state index is 0.0000104. The number of ether oxygens (including phenoxy) is 2. The van der Waals surface area contributed by atoms with Gasteiger partial charge in [-0.05, 0) is 31.4 Å². The maximum Gasteiger partial charge on any atom is 0.223 e. The van der Waals surface area contributed by atoms with Gasteiger partial charge >= 0.3 is 0 Å². The van der Waals surface area contributed by atoms with Gasteiger partial charge in [-0.3, -0.25) is 4.79 Å². The van der Waals surface area contributed by atoms with Gasteiger partial charge in [0.1, 0.15) is 12.7 Å². The highest BCUT2D eigenvalue weighted by molar-refractivity contribution is 5.76. The van der Waals surface area contributed by atoms with E-state index in [4.69, 9.17) is 9.47 Å². The molecule has 1 saturated heterocycles. The molecular formula is C17H24N2O3. The second-order valence-electron chi connectivity index (χ2n) is 5.89. The molecule has 1 amide bonds. The number of hydrogen-bond donors (Lipinski definition) is 1. The highest BCUT2D eigenvalue weighted by Gasteiger charge is 2.20. The molecule has 1 unspecified atom stereocenters. The Morgan fingerprint density at radius 3 is 2.77 bits per heavy atom. The summed E-state index contributed by atoms with van der Waals surface area (Å²) in [6, 6.07) is 7.71. The minimum Gasteiger partial charge on any atom is -0.486 e. The van der Waals surface area contributed by atoms with Gasteiger partial charge < -0.3 is 19.7 Å². The van der Waals surface area contributed by atoms with Crippen LogP contribution in [0.1, 0.15) is 25.7 Å². The van der Waals surface area contributed by atoms with E-state index in [0.717, 1.165) is 37.4 Å². The van der Waals surface area contributed by atoms with E-state index < -0.39 is 0 Å². The van der Waals surface area contributed by atoms with E-state index in [2.05, 4.69) is 5.32 Å². The van der Waals surface area contributed by atoms with Gasteiger partial charge in [0.25, 0.3) is 0 Å². The van der Waals surface area contributed by atoms with Crippen LogP contribution in [0, 0.1) is 0 Å². The molecule has 1 atom stereocenters. The Morgan fingerprint density at radius 1 is 1.18 bits per heavy atom. The van der Waals surface area contributed by atoms with Crippen molar-refractivity contribution in [3.8, 4) is 11.5 Å². The summed E-state index contributed by atoms with van der Waals surface area (Å²) in [7, 11) is 0. The Morgan fingerprint density at radius 2 is 1.95 bits per heavy atom. The molecule has 0 aromatic heterocycles. The molecule has 120 valence electrons. The molecule has 3 rings (SSSR count). The standard InChI is InChI=1S/C17H24N2O3/c20-17(19-10-4-1-5-11-19)8-9-18-12-14-13-21-15-6-2-3-7-16(15)22-14/h2-3,6-7,14,18H,1,4-5,8-13H2. The molecule has 1 fully saturated rings. The Balaban J connectivity index is 1.35. The predicted octanol–water partition coefficient (Wildman–Crippen LogP) is 1.82. The van der Waals surface area contributed by atoms with Gasteiger partial charge in [0.15, 0.2) is 11.5 Å². The monoisotopic (exact) mass is 304 g/mol. The fraction of sp³-hybridized carbons (Fsp3) is 0.588. The second-order valence-corrected chi connectivity index (χ2v) is 5.89. The van der Waals surface area contributed by atoms with E-state index in [-0.39, 0.29) is 12.0 Å². The average Bonchev–Trinajstić information content (AvgIpc) is 2.59. The Bertz CT molecular complexity index is 500. The van der Waals surface area contributed by atoms with Crippen LogP contribution in [0.4, 0.5) is 0 Å². The van der Waals surface area contributed by atoms with Crippen LogP contribution in [0.25, 0.3) is 0 Å². The third-order valence-electron chi connectivity index (χ3n) is 4.16. The normalized spacial score (nSPS) is 20.7. The summed E-state index contributed by atoms with van der Waals surface area (Å²) >= 11 is 0. The predicted molar refractivity (Wildman–Crippen MR) is 84.3 cm³/mol. The van der Waals surface area contributed by atoms with E-state index in [0.29, 0.717) is 26.1 Å². The van der Waals surface area contributed by atoms with Crippen molar-refractivity contribution < 1.29 is 14.3 Å². The number of fused-ring (bicyclic) bond motifs is 1. The fourth-order valence-electron chi connectivity index (χ4n) is 2.92. The lowest BCUT2D eigenvalue weighted by atomic mass is 10.1. The maximum absolute atomic E-state index is 12.0. The maximum atomic E-state index is 12.0. The van der Waals surface area contributed by atoms with Crippen LogP contribution in [0.2, 0.25) is 0 Å². The van der Waals surface area contributed by atoms with E-state index in [1.165, 1.54) is 6.42 Å². The van der Waals surface area contributed by atoms with Gasteiger partial charge in [-0.25, -0.2) is 0 Å². The third-order valence-corrected chi connectivity index (χ3v) is 4.16. The van der Waals surface area contributed by atoms with Gasteiger partial charge in [0.2, 0.25) is 5.91 Å². The molecule has 0 radical (unpaired) electrons. The van der Waals surface area contributed by atoms with Crippen molar-refractivity contribution >= 4 is 5.91 Å². The summed E-state index contributed by atoms with van der Waals surface area (Å²) in [5, 5.41) is 3.30. The summed E-state index contributed by atoms with van der Waals surface area (Å²) in [5.74, 6) is 1.86. The second kappa shape index (κ2) is 7.49. The van der Waals surface area contributed by atoms with Crippen LogP contribution in [0.5, 0.6) is 11.5 Å². The van der Waals surface area contributed by atoms with E-state index >= 15 is 0 Å². The summed E-state index contributed by atoms with van der Waals surface area (Å²) in [5.41, 5.74) is 0. The highest BCUT2D eigenvalue weighted by atomic mass is 16.6. The zero-order valence-corrected chi connectivity index (χ0v) is 12.9. The van der Waals surface area contributed by atoms with Gasteiger partial charge in [0.05, 0.1) is 0 Å². The number of amides is 1. The largest absolute Gasteiger partial charge is 0.486 e. The van der Waals surface area contributed by atoms with Crippen molar-refractivity contribution in [3.63, 3.8) is 0 Å². The number of para-hydroxylation sites is 2. The molecule has 1 N–H and O–H groups in total. The van der Waals surface area contributed by atoms with Crippen LogP contribution in [0.15, 0.2) is 24.3 Å². The smallest absolute Gasteiger partial charge is 0.223 e. The lowest BCUT2D eigenvalue weighted by Gasteiger charge is -2.28. The first-order valence-electron chi connectivity index (χ1n) is 8.20. The van der Waals surface area contributed by atoms with Crippen LogP contribution in [-0.2, 0) is 4.79 Å². The number of likely N-dealkylation sites (tertiary alicyclic amines) is 1. The van der Waals surface area contributed by atoms with Crippen molar-refractivity contribution in [3.05, 3.63) is 24.3 Å². The van der Waals surface area contributed by atoms with Crippen LogP contribution in [-0.4, -0.2) is 49.7 Å². The van der Waals surface area contributed by atoms with Crippen molar-refractivity contribution in [1.29, 1.82) is 0 Å². The number of hydrogen-bond acceptors (Lipinski definition) is 4. The Kier molecular flexibility index (Phi) is 5.16. The molecule has 2 aliphatic heterocycles. The number of nitrogens with zero attached hydrogens (tertiary/aromatic N) is 1. The molecule has 1 aromatic rings. The molecule has 0 spiro atoms. The zero-order valence-electron chi connectivity index (χ0n) is 12.9. The first-order chi connectivity index (χ1) is 10.8. The van der Waals surface area contributed by atoms with Crippen molar-refractivity contribution in [2.24, 2.45) is 0 Å². The first kappa shape index (κ1) is 15.2. The molecule has 0 aliphatic carbocycles. The van der Waals surface area contributed by atoms with E-state index in [9.17, 15) is 4.79 Å². The third kappa shape index (κ3) is 3.91. The summed E-state index contributed by atoms with van der Waals surface area (Å²) in [6.45, 7) is 3.78. The minimum atomic E-state index is -0.0000104. The van der Waals surface area contributed by atoms with Crippen molar-refractivity contribution in [2.75, 3.05) is 32.8 Å². The molecule has 0 bridgehead atoms. The average molecular weight is 304 g/mol. The van der Waals surface area contributed by atoms with Gasteiger partial charge in [-0.15, -0.1) is 0 Å². The Hall–Kier alpha value is -1.75. The van der Waals surface area contributed by atoms with Crippen LogP contribution in [0.3, 0.4) is 0 Å². The molecule has 0 saturated carbocycles. The molecule has 2 aliphatic rings. The van der Waals surface area contributed by atoms with Crippen LogP contribution >= 0.6 is 0 Å². The molecule has 5 heteroatoms. The number of carbonyl (C=O) groups is 1. The fourth-order valence-corrected chi connectivity index (χ4v) is 2.92. The zero-order chi connectivity index (χ0) is 15.2. The number of rotatable bonds is 5. The van der Waals surface area contributed by atoms with E-state index in [1.54, 1.807) is 0 Å². The first-order valence-corrected chi connectivity index (χ1v) is 8.20. The summed E-state index contributed by atoms with van der Waals surface area (Å²) < 4.78 is 11.5. The number of nitrogens with one attached hydrogen (secondary N) is 1. The van der Waals surface area contributed by atoms with Gasteiger partial charge in [-0.1, -0.05) is 12.1 Å². The van der Waals surface area contributed by atoms with Gasteiger partial charge in [0, 0.05) is 32.6 Å². The molecule has 5 nitrogen and oxygen atoms in total. The molecule has 1 aromatic carbocycles. The Labute approximate surface area is 131 Å². The molecule has 2 heterocycles. The quantitative estimate of drug-likeness (QED) is 0.843. The number of piperidine rings is 1. The number of benzene rings is 1. The lowest BCUT2D eigenvalue weighted by molar-refractivity contribution is -0.132. The molecule has 22 heavy (non-hydrogen) atoms. The summed E-state index contributed by atoms with van der Waals surface area (Å²) in [4.78, 5) is 14.0. The summed E-state index contributed by atoms with van der Waals surface area (Å²) in [6.07, 6.45) is 4.10. The molecular weight excluding hydrogens is 280 g/mol. The topological polar surface area (TPSA) is 50.8 Å². The van der Waals surface area contributed by atoms with Crippen molar-refractivity contribution in [1.82, 2.24) is 10.2 Å². The van der Waals surface area contributed by atoms with Crippen molar-refractivity contribution in [2.45, 2.75) is 31.8 Å². The SMILES string of the molecule is O=C(CCNCC1COc2ccccc2O1)N1CCCCC1. The van der Waals surface area contributed by atoms with Gasteiger partial charge in [-0.2, -0.15) is 0 Å². The highest BCUT2D eigenvalue weighted by Crippen LogP contribution is 2.30. The lowest BCUT2D eigenvalue weighted by Crippen LogP contribution is -2.41.